The summed E-state index contributed by atoms with van der Waals surface area (Å²) in [6.45, 7) is 0. The minimum absolute atomic E-state index is 0.00955. The van der Waals surface area contributed by atoms with Gasteiger partial charge in [-0.1, -0.05) is 12.0 Å². The highest BCUT2D eigenvalue weighted by Gasteiger charge is 2.31. The number of alkyl halides is 3. The number of ether oxygens (including phenoxy) is 1. The summed E-state index contributed by atoms with van der Waals surface area (Å²) in [7, 11) is 3.25. The number of nitrogen functional groups attached to an aromatic ring is 1. The van der Waals surface area contributed by atoms with Gasteiger partial charge in [0, 0.05) is 24.0 Å². The van der Waals surface area contributed by atoms with Crippen LogP contribution in [0, 0.1) is 12.3 Å². The molecule has 0 aliphatic rings. The Morgan fingerprint density at radius 2 is 1.88 bits per heavy atom. The molecule has 1 atom stereocenters. The Morgan fingerprint density at radius 1 is 1.17 bits per heavy atom. The van der Waals surface area contributed by atoms with Gasteiger partial charge in [-0.2, -0.15) is 13.2 Å². The molecule has 6 heteroatoms. The number of nitrogens with one attached hydrogen (secondary N) is 1. The number of hydrogen-bond acceptors (Lipinski definition) is 3. The van der Waals surface area contributed by atoms with E-state index in [9.17, 15) is 13.2 Å². The Kier molecular flexibility index (Phi) is 4.93. The van der Waals surface area contributed by atoms with Crippen LogP contribution in [-0.4, -0.2) is 14.2 Å². The van der Waals surface area contributed by atoms with Crippen molar-refractivity contribution in [2.24, 2.45) is 0 Å². The summed E-state index contributed by atoms with van der Waals surface area (Å²) in [5.41, 5.74) is 6.90. The first-order chi connectivity index (χ1) is 11.3. The number of halogens is 3. The highest BCUT2D eigenvalue weighted by molar-refractivity contribution is 5.61. The summed E-state index contributed by atoms with van der Waals surface area (Å²) < 4.78 is 43.7. The van der Waals surface area contributed by atoms with Gasteiger partial charge in [-0.05, 0) is 35.9 Å². The minimum Gasteiger partial charge on any atom is -0.496 e. The summed E-state index contributed by atoms with van der Waals surface area (Å²) in [4.78, 5) is 0. The summed E-state index contributed by atoms with van der Waals surface area (Å²) in [6.07, 6.45) is 1.18. The molecule has 0 radical (unpaired) electrons. The Bertz CT molecular complexity index is 779. The van der Waals surface area contributed by atoms with Crippen LogP contribution in [0.2, 0.25) is 0 Å². The van der Waals surface area contributed by atoms with Crippen molar-refractivity contribution in [2.75, 3.05) is 25.2 Å². The Balaban J connectivity index is 2.56. The molecule has 0 bridgehead atoms. The van der Waals surface area contributed by atoms with Gasteiger partial charge in [-0.15, -0.1) is 6.42 Å². The molecule has 126 valence electrons. The predicted molar refractivity (Wildman–Crippen MR) is 89.1 cm³/mol. The molecule has 3 N–H and O–H groups in total. The van der Waals surface area contributed by atoms with Crippen molar-refractivity contribution in [3.05, 3.63) is 53.1 Å². The van der Waals surface area contributed by atoms with Gasteiger partial charge in [-0.25, -0.2) is 0 Å². The first-order valence-electron chi connectivity index (χ1n) is 7.10. The Hall–Kier alpha value is -2.81. The first-order valence-corrected chi connectivity index (χ1v) is 7.10. The zero-order valence-electron chi connectivity index (χ0n) is 13.2. The van der Waals surface area contributed by atoms with E-state index in [0.717, 1.165) is 17.8 Å². The zero-order chi connectivity index (χ0) is 17.9. The number of hydrogen-bond donors (Lipinski definition) is 2. The van der Waals surface area contributed by atoms with Crippen LogP contribution in [0.5, 0.6) is 5.75 Å². The standard InChI is InChI=1S/C18H17F3N2O/c1-4-13(15-10-12(23-2)6-8-17(15)24-3)14-7-5-11(9-16(14)22)18(19,20)21/h1,5-10,13,23H,22H2,2-3H3/t13-/m1/s1. The molecule has 0 aliphatic heterocycles. The van der Waals surface area contributed by atoms with Crippen LogP contribution >= 0.6 is 0 Å². The fraction of sp³-hybridized carbons (Fsp3) is 0.222. The van der Waals surface area contributed by atoms with Gasteiger partial charge in [0.15, 0.2) is 0 Å². The van der Waals surface area contributed by atoms with Crippen LogP contribution < -0.4 is 15.8 Å². The van der Waals surface area contributed by atoms with Crippen molar-refractivity contribution < 1.29 is 17.9 Å². The van der Waals surface area contributed by atoms with Gasteiger partial charge < -0.3 is 15.8 Å². The summed E-state index contributed by atoms with van der Waals surface area (Å²) >= 11 is 0. The van der Waals surface area contributed by atoms with Crippen molar-refractivity contribution in [3.63, 3.8) is 0 Å². The Morgan fingerprint density at radius 3 is 2.38 bits per heavy atom. The lowest BCUT2D eigenvalue weighted by molar-refractivity contribution is -0.137. The second-order valence-electron chi connectivity index (χ2n) is 5.15. The molecule has 24 heavy (non-hydrogen) atoms. The Labute approximate surface area is 138 Å². The van der Waals surface area contributed by atoms with E-state index in [-0.39, 0.29) is 5.69 Å². The molecule has 0 unspecified atom stereocenters. The van der Waals surface area contributed by atoms with Gasteiger partial charge >= 0.3 is 6.18 Å². The normalized spacial score (nSPS) is 12.3. The number of rotatable bonds is 4. The lowest BCUT2D eigenvalue weighted by Crippen LogP contribution is -2.09. The molecule has 0 heterocycles. The van der Waals surface area contributed by atoms with Crippen molar-refractivity contribution in [1.82, 2.24) is 0 Å². The lowest BCUT2D eigenvalue weighted by Gasteiger charge is -2.19. The van der Waals surface area contributed by atoms with E-state index in [4.69, 9.17) is 16.9 Å². The molecule has 2 aromatic carbocycles. The molecule has 0 fully saturated rings. The average Bonchev–Trinajstić information content (AvgIpc) is 2.55. The number of nitrogens with two attached hydrogens (primary N) is 1. The molecule has 3 nitrogen and oxygen atoms in total. The smallest absolute Gasteiger partial charge is 0.416 e. The quantitative estimate of drug-likeness (QED) is 0.654. The molecule has 0 spiro atoms. The highest BCUT2D eigenvalue weighted by Crippen LogP contribution is 2.38. The first kappa shape index (κ1) is 17.5. The van der Waals surface area contributed by atoms with Crippen molar-refractivity contribution in [1.29, 1.82) is 0 Å². The molecule has 2 aromatic rings. The zero-order valence-corrected chi connectivity index (χ0v) is 13.2. The molecular weight excluding hydrogens is 317 g/mol. The van der Waals surface area contributed by atoms with E-state index in [0.29, 0.717) is 16.9 Å². The van der Waals surface area contributed by atoms with Crippen LogP contribution in [-0.2, 0) is 6.18 Å². The third-order valence-electron chi connectivity index (χ3n) is 3.72. The molecule has 0 aromatic heterocycles. The van der Waals surface area contributed by atoms with Gasteiger partial charge in [-0.3, -0.25) is 0 Å². The maximum atomic E-state index is 12.8. The van der Waals surface area contributed by atoms with Crippen LogP contribution in [0.4, 0.5) is 24.5 Å². The minimum atomic E-state index is -4.46. The van der Waals surface area contributed by atoms with E-state index >= 15 is 0 Å². The van der Waals surface area contributed by atoms with Crippen LogP contribution in [0.3, 0.4) is 0 Å². The fourth-order valence-electron chi connectivity index (χ4n) is 2.48. The third kappa shape index (κ3) is 3.40. The largest absolute Gasteiger partial charge is 0.496 e. The number of anilines is 2. The monoisotopic (exact) mass is 334 g/mol. The average molecular weight is 334 g/mol. The molecule has 0 amide bonds. The lowest BCUT2D eigenvalue weighted by atomic mass is 9.89. The number of terminal acetylenes is 1. The van der Waals surface area contributed by atoms with Gasteiger partial charge in [0.1, 0.15) is 5.75 Å². The molecule has 0 saturated heterocycles. The van der Waals surface area contributed by atoms with Gasteiger partial charge in [0.2, 0.25) is 0 Å². The molecule has 0 saturated carbocycles. The van der Waals surface area contributed by atoms with Crippen LogP contribution in [0.25, 0.3) is 0 Å². The van der Waals surface area contributed by atoms with Crippen molar-refractivity contribution >= 4 is 11.4 Å². The van der Waals surface area contributed by atoms with Gasteiger partial charge in [0.25, 0.3) is 0 Å². The van der Waals surface area contributed by atoms with E-state index in [2.05, 4.69) is 11.2 Å². The van der Waals surface area contributed by atoms with E-state index < -0.39 is 17.7 Å². The number of benzene rings is 2. The number of methoxy groups -OCH3 is 1. The maximum Gasteiger partial charge on any atom is 0.416 e. The summed E-state index contributed by atoms with van der Waals surface area (Å²) in [5, 5.41) is 2.99. The van der Waals surface area contributed by atoms with Crippen molar-refractivity contribution in [2.45, 2.75) is 12.1 Å². The van der Waals surface area contributed by atoms with Crippen LogP contribution in [0.1, 0.15) is 22.6 Å². The SMILES string of the molecule is C#C[C@H](c1ccc(C(F)(F)F)cc1N)c1cc(NC)ccc1OC. The third-order valence-corrected chi connectivity index (χ3v) is 3.72. The van der Waals surface area contributed by atoms with Crippen molar-refractivity contribution in [3.8, 4) is 18.1 Å². The van der Waals surface area contributed by atoms with E-state index in [1.165, 1.54) is 13.2 Å². The second-order valence-corrected chi connectivity index (χ2v) is 5.15. The second kappa shape index (κ2) is 6.75. The highest BCUT2D eigenvalue weighted by atomic mass is 19.4. The van der Waals surface area contributed by atoms with E-state index in [1.807, 2.05) is 6.07 Å². The van der Waals surface area contributed by atoms with Crippen LogP contribution in [0.15, 0.2) is 36.4 Å². The predicted octanol–water partition coefficient (Wildman–Crippen LogP) is 4.10. The van der Waals surface area contributed by atoms with Gasteiger partial charge in [0.05, 0.1) is 18.6 Å². The summed E-state index contributed by atoms with van der Waals surface area (Å²) in [5.74, 6) is 2.50. The molecule has 2 rings (SSSR count). The topological polar surface area (TPSA) is 47.3 Å². The molecule has 0 aliphatic carbocycles. The molecular formula is C18H17F3N2O. The fourth-order valence-corrected chi connectivity index (χ4v) is 2.48. The maximum absolute atomic E-state index is 12.8. The van der Waals surface area contributed by atoms with E-state index in [1.54, 1.807) is 19.2 Å². The summed E-state index contributed by atoms with van der Waals surface area (Å²) in [6, 6.07) is 8.53.